The van der Waals surface area contributed by atoms with E-state index in [2.05, 4.69) is 25.1 Å². The Kier molecular flexibility index (Phi) is 4.23. The van der Waals surface area contributed by atoms with Crippen LogP contribution < -0.4 is 10.5 Å². The number of aryl methyl sites for hydroxylation is 1. The fraction of sp³-hybridized carbons (Fsp3) is 0.667. The van der Waals surface area contributed by atoms with Crippen molar-refractivity contribution in [1.29, 1.82) is 0 Å². The summed E-state index contributed by atoms with van der Waals surface area (Å²) in [6, 6.07) is 6.24. The molecule has 1 heterocycles. The lowest BCUT2D eigenvalue weighted by Crippen LogP contribution is -2.27. The van der Waals surface area contributed by atoms with Crippen molar-refractivity contribution in [2.75, 3.05) is 6.61 Å². The lowest BCUT2D eigenvalue weighted by atomic mass is 9.98. The minimum absolute atomic E-state index is 0.00808. The maximum Gasteiger partial charge on any atom is 0.124 e. The molecule has 1 aliphatic heterocycles. The summed E-state index contributed by atoms with van der Waals surface area (Å²) in [6.07, 6.45) is 7.68. The quantitative estimate of drug-likeness (QED) is 0.914. The van der Waals surface area contributed by atoms with E-state index in [9.17, 15) is 0 Å². The Hall–Kier alpha value is -1.06. The summed E-state index contributed by atoms with van der Waals surface area (Å²) in [5.74, 6) is 0.918. The first-order valence-corrected chi connectivity index (χ1v) is 8.25. The maximum absolute atomic E-state index is 6.31. The van der Waals surface area contributed by atoms with Gasteiger partial charge in [-0.2, -0.15) is 0 Å². The molecule has 0 amide bonds. The lowest BCUT2D eigenvalue weighted by Gasteiger charge is -2.24. The molecule has 0 aromatic heterocycles. The largest absolute Gasteiger partial charge is 0.491 e. The third kappa shape index (κ3) is 3.24. The van der Waals surface area contributed by atoms with Crippen LogP contribution >= 0.6 is 0 Å². The standard InChI is InChI=1S/C18H27NO2/c1-13-5-6-16(14(2)19)17(11-13)20-12-15-7-10-18(21-15)8-3-4-9-18/h5-6,11,14-15H,3-4,7-10,12,19H2,1-2H3/t14-,15?/m1/s1. The van der Waals surface area contributed by atoms with Gasteiger partial charge in [0.25, 0.3) is 0 Å². The van der Waals surface area contributed by atoms with Gasteiger partial charge in [-0.05, 0) is 51.2 Å². The molecule has 1 aliphatic carbocycles. The summed E-state index contributed by atoms with van der Waals surface area (Å²) < 4.78 is 12.4. The van der Waals surface area contributed by atoms with E-state index < -0.39 is 0 Å². The minimum atomic E-state index is -0.00808. The van der Waals surface area contributed by atoms with Crippen molar-refractivity contribution in [3.63, 3.8) is 0 Å². The van der Waals surface area contributed by atoms with E-state index in [0.29, 0.717) is 6.61 Å². The van der Waals surface area contributed by atoms with Gasteiger partial charge in [0, 0.05) is 11.6 Å². The summed E-state index contributed by atoms with van der Waals surface area (Å²) in [5.41, 5.74) is 8.50. The highest BCUT2D eigenvalue weighted by Gasteiger charge is 2.42. The zero-order valence-electron chi connectivity index (χ0n) is 13.2. The minimum Gasteiger partial charge on any atom is -0.491 e. The van der Waals surface area contributed by atoms with Gasteiger partial charge < -0.3 is 15.2 Å². The van der Waals surface area contributed by atoms with Crippen molar-refractivity contribution >= 4 is 0 Å². The van der Waals surface area contributed by atoms with Crippen molar-refractivity contribution in [1.82, 2.24) is 0 Å². The maximum atomic E-state index is 6.31. The van der Waals surface area contributed by atoms with Crippen molar-refractivity contribution < 1.29 is 9.47 Å². The second-order valence-corrected chi connectivity index (χ2v) is 6.81. The summed E-state index contributed by atoms with van der Waals surface area (Å²) in [7, 11) is 0. The van der Waals surface area contributed by atoms with E-state index >= 15 is 0 Å². The molecule has 2 N–H and O–H groups in total. The third-order valence-corrected chi connectivity index (χ3v) is 4.94. The van der Waals surface area contributed by atoms with Crippen LogP contribution in [0.1, 0.15) is 62.6 Å². The van der Waals surface area contributed by atoms with Crippen LogP contribution in [0.4, 0.5) is 0 Å². The van der Waals surface area contributed by atoms with E-state index in [4.69, 9.17) is 15.2 Å². The van der Waals surface area contributed by atoms with Crippen LogP contribution in [0.3, 0.4) is 0 Å². The van der Waals surface area contributed by atoms with Crippen LogP contribution in [0.5, 0.6) is 5.75 Å². The highest BCUT2D eigenvalue weighted by Crippen LogP contribution is 2.43. The highest BCUT2D eigenvalue weighted by molar-refractivity contribution is 5.38. The Labute approximate surface area is 127 Å². The van der Waals surface area contributed by atoms with Gasteiger partial charge in [0.15, 0.2) is 0 Å². The SMILES string of the molecule is Cc1ccc([C@@H](C)N)c(OCC2CCC3(CCCC3)O2)c1. The highest BCUT2D eigenvalue weighted by atomic mass is 16.6. The van der Waals surface area contributed by atoms with E-state index in [1.165, 1.54) is 37.7 Å². The van der Waals surface area contributed by atoms with Crippen LogP contribution in [0.2, 0.25) is 0 Å². The Balaban J connectivity index is 1.62. The van der Waals surface area contributed by atoms with Gasteiger partial charge in [-0.25, -0.2) is 0 Å². The molecular weight excluding hydrogens is 262 g/mol. The molecule has 3 rings (SSSR count). The molecule has 2 fully saturated rings. The average molecular weight is 289 g/mol. The zero-order valence-corrected chi connectivity index (χ0v) is 13.2. The van der Waals surface area contributed by atoms with Crippen LogP contribution in [0, 0.1) is 6.92 Å². The fourth-order valence-corrected chi connectivity index (χ4v) is 3.73. The average Bonchev–Trinajstić information content (AvgIpc) is 3.07. The summed E-state index contributed by atoms with van der Waals surface area (Å²) in [5, 5.41) is 0. The Morgan fingerprint density at radius 2 is 2.10 bits per heavy atom. The van der Waals surface area contributed by atoms with E-state index in [0.717, 1.165) is 17.7 Å². The van der Waals surface area contributed by atoms with Crippen LogP contribution in [0.15, 0.2) is 18.2 Å². The Morgan fingerprint density at radius 1 is 1.33 bits per heavy atom. The molecule has 2 atom stereocenters. The molecular formula is C18H27NO2. The number of rotatable bonds is 4. The fourth-order valence-electron chi connectivity index (χ4n) is 3.73. The molecule has 116 valence electrons. The molecule has 1 saturated heterocycles. The zero-order chi connectivity index (χ0) is 14.9. The smallest absolute Gasteiger partial charge is 0.124 e. The topological polar surface area (TPSA) is 44.5 Å². The molecule has 1 unspecified atom stereocenters. The second kappa shape index (κ2) is 5.98. The normalized spacial score (nSPS) is 25.4. The first-order valence-electron chi connectivity index (χ1n) is 8.25. The first-order chi connectivity index (χ1) is 10.1. The molecule has 1 aromatic carbocycles. The van der Waals surface area contributed by atoms with E-state index in [1.54, 1.807) is 0 Å². The Bertz CT molecular complexity index is 492. The van der Waals surface area contributed by atoms with Gasteiger partial charge in [0.2, 0.25) is 0 Å². The number of ether oxygens (including phenoxy) is 2. The predicted octanol–water partition coefficient (Wildman–Crippen LogP) is 3.89. The van der Waals surface area contributed by atoms with Crippen LogP contribution in [-0.2, 0) is 4.74 Å². The second-order valence-electron chi connectivity index (χ2n) is 6.81. The van der Waals surface area contributed by atoms with Gasteiger partial charge in [0.05, 0.1) is 11.7 Å². The van der Waals surface area contributed by atoms with Gasteiger partial charge in [-0.15, -0.1) is 0 Å². The van der Waals surface area contributed by atoms with Crippen molar-refractivity contribution in [2.24, 2.45) is 5.73 Å². The van der Waals surface area contributed by atoms with Gasteiger partial charge in [-0.3, -0.25) is 0 Å². The summed E-state index contributed by atoms with van der Waals surface area (Å²) in [4.78, 5) is 0. The Morgan fingerprint density at radius 3 is 2.81 bits per heavy atom. The number of hydrogen-bond acceptors (Lipinski definition) is 3. The number of benzene rings is 1. The summed E-state index contributed by atoms with van der Waals surface area (Å²) >= 11 is 0. The van der Waals surface area contributed by atoms with E-state index in [1.807, 2.05) is 6.92 Å². The number of hydrogen-bond donors (Lipinski definition) is 1. The molecule has 1 aromatic rings. The predicted molar refractivity (Wildman–Crippen MR) is 84.6 cm³/mol. The van der Waals surface area contributed by atoms with Crippen molar-refractivity contribution in [3.8, 4) is 5.75 Å². The molecule has 21 heavy (non-hydrogen) atoms. The molecule has 3 nitrogen and oxygen atoms in total. The van der Waals surface area contributed by atoms with Gasteiger partial charge in [-0.1, -0.05) is 25.0 Å². The van der Waals surface area contributed by atoms with E-state index in [-0.39, 0.29) is 17.7 Å². The van der Waals surface area contributed by atoms with Gasteiger partial charge in [0.1, 0.15) is 12.4 Å². The molecule has 2 aliphatic rings. The molecule has 1 spiro atoms. The molecule has 0 radical (unpaired) electrons. The van der Waals surface area contributed by atoms with Crippen LogP contribution in [0.25, 0.3) is 0 Å². The number of nitrogens with two attached hydrogens (primary N) is 1. The van der Waals surface area contributed by atoms with Gasteiger partial charge >= 0.3 is 0 Å². The molecule has 0 bridgehead atoms. The monoisotopic (exact) mass is 289 g/mol. The van der Waals surface area contributed by atoms with Crippen LogP contribution in [-0.4, -0.2) is 18.3 Å². The molecule has 3 heteroatoms. The first kappa shape index (κ1) is 14.9. The summed E-state index contributed by atoms with van der Waals surface area (Å²) in [6.45, 7) is 4.72. The van der Waals surface area contributed by atoms with Crippen molar-refractivity contribution in [3.05, 3.63) is 29.3 Å². The third-order valence-electron chi connectivity index (χ3n) is 4.94. The molecule has 1 saturated carbocycles. The lowest BCUT2D eigenvalue weighted by molar-refractivity contribution is -0.0510. The van der Waals surface area contributed by atoms with Crippen molar-refractivity contribution in [2.45, 2.75) is 70.1 Å².